The molecule has 1 unspecified atom stereocenters. The molecule has 0 amide bonds. The zero-order chi connectivity index (χ0) is 9.90. The van der Waals surface area contributed by atoms with E-state index in [4.69, 9.17) is 0 Å². The lowest BCUT2D eigenvalue weighted by Crippen LogP contribution is -2.48. The Balaban J connectivity index is 2.37. The fourth-order valence-corrected chi connectivity index (χ4v) is 2.08. The summed E-state index contributed by atoms with van der Waals surface area (Å²) in [4.78, 5) is 2.52. The van der Waals surface area contributed by atoms with Crippen LogP contribution in [0.25, 0.3) is 0 Å². The van der Waals surface area contributed by atoms with E-state index in [1.54, 1.807) is 0 Å². The molecule has 0 aromatic carbocycles. The lowest BCUT2D eigenvalue weighted by atomic mass is 9.90. The van der Waals surface area contributed by atoms with Crippen LogP contribution in [0.2, 0.25) is 0 Å². The van der Waals surface area contributed by atoms with E-state index in [1.165, 1.54) is 25.8 Å². The van der Waals surface area contributed by atoms with Crippen molar-refractivity contribution in [2.75, 3.05) is 13.1 Å². The first-order valence-electron chi connectivity index (χ1n) is 5.45. The maximum atomic E-state index is 9.23. The molecule has 1 saturated heterocycles. The summed E-state index contributed by atoms with van der Waals surface area (Å²) in [5.74, 6) is 0. The van der Waals surface area contributed by atoms with E-state index in [0.717, 1.165) is 13.0 Å². The van der Waals surface area contributed by atoms with Gasteiger partial charge in [0.25, 0.3) is 0 Å². The van der Waals surface area contributed by atoms with Crippen molar-refractivity contribution in [1.29, 1.82) is 0 Å². The van der Waals surface area contributed by atoms with Crippen molar-refractivity contribution < 1.29 is 5.11 Å². The van der Waals surface area contributed by atoms with Crippen LogP contribution in [0.3, 0.4) is 0 Å². The van der Waals surface area contributed by atoms with Crippen molar-refractivity contribution in [3.05, 3.63) is 0 Å². The number of nitrogens with zero attached hydrogens (tertiary/aromatic N) is 1. The van der Waals surface area contributed by atoms with Gasteiger partial charge < -0.3 is 5.11 Å². The Morgan fingerprint density at radius 1 is 1.38 bits per heavy atom. The van der Waals surface area contributed by atoms with Gasteiger partial charge in [-0.15, -0.1) is 0 Å². The first-order valence-corrected chi connectivity index (χ1v) is 5.45. The molecule has 0 aliphatic carbocycles. The van der Waals surface area contributed by atoms with Gasteiger partial charge in [-0.2, -0.15) is 0 Å². The van der Waals surface area contributed by atoms with Crippen LogP contribution in [-0.2, 0) is 0 Å². The molecular weight excluding hydrogens is 162 g/mol. The molecule has 1 N–H and O–H groups in total. The Hall–Kier alpha value is -0.0800. The van der Waals surface area contributed by atoms with Crippen LogP contribution >= 0.6 is 0 Å². The summed E-state index contributed by atoms with van der Waals surface area (Å²) in [6.45, 7) is 8.75. The number of aliphatic hydroxyl groups is 1. The van der Waals surface area contributed by atoms with Gasteiger partial charge in [0.15, 0.2) is 0 Å². The number of hydrogen-bond acceptors (Lipinski definition) is 2. The van der Waals surface area contributed by atoms with Gasteiger partial charge in [-0.05, 0) is 46.6 Å². The number of piperidine rings is 1. The Kier molecular flexibility index (Phi) is 3.74. The summed E-state index contributed by atoms with van der Waals surface area (Å²) in [7, 11) is 0. The average molecular weight is 185 g/mol. The smallest absolute Gasteiger partial charge is 0.0524 e. The molecule has 1 atom stereocenters. The van der Waals surface area contributed by atoms with E-state index < -0.39 is 0 Å². The summed E-state index contributed by atoms with van der Waals surface area (Å²) in [5, 5.41) is 9.23. The van der Waals surface area contributed by atoms with E-state index in [1.807, 2.05) is 6.92 Å². The Morgan fingerprint density at radius 3 is 2.62 bits per heavy atom. The second-order valence-electron chi connectivity index (χ2n) is 4.89. The van der Waals surface area contributed by atoms with Gasteiger partial charge in [0.2, 0.25) is 0 Å². The van der Waals surface area contributed by atoms with Crippen molar-refractivity contribution in [3.63, 3.8) is 0 Å². The van der Waals surface area contributed by atoms with Crippen molar-refractivity contribution in [2.24, 2.45) is 0 Å². The number of hydrogen-bond donors (Lipinski definition) is 1. The van der Waals surface area contributed by atoms with Crippen molar-refractivity contribution in [1.82, 2.24) is 4.90 Å². The van der Waals surface area contributed by atoms with Crippen molar-refractivity contribution in [3.8, 4) is 0 Å². The predicted molar refractivity (Wildman–Crippen MR) is 55.8 cm³/mol. The average Bonchev–Trinajstić information content (AvgIpc) is 2.01. The summed E-state index contributed by atoms with van der Waals surface area (Å²) in [6, 6.07) is 0. The molecule has 78 valence electrons. The number of likely N-dealkylation sites (tertiary alicyclic amines) is 1. The molecule has 0 saturated carbocycles. The molecule has 1 fully saturated rings. The van der Waals surface area contributed by atoms with E-state index in [9.17, 15) is 5.11 Å². The molecule has 0 bridgehead atoms. The first-order chi connectivity index (χ1) is 6.02. The van der Waals surface area contributed by atoms with Crippen LogP contribution in [-0.4, -0.2) is 34.7 Å². The summed E-state index contributed by atoms with van der Waals surface area (Å²) < 4.78 is 0. The topological polar surface area (TPSA) is 23.5 Å². The van der Waals surface area contributed by atoms with Gasteiger partial charge in [0.05, 0.1) is 6.10 Å². The Bertz CT molecular complexity index is 154. The molecule has 0 spiro atoms. The van der Waals surface area contributed by atoms with E-state index in [0.29, 0.717) is 5.54 Å². The molecule has 0 aromatic rings. The third kappa shape index (κ3) is 3.28. The minimum atomic E-state index is -0.155. The van der Waals surface area contributed by atoms with E-state index in [-0.39, 0.29) is 6.10 Å². The molecule has 2 heteroatoms. The van der Waals surface area contributed by atoms with Gasteiger partial charge in [-0.25, -0.2) is 0 Å². The molecule has 1 aliphatic heterocycles. The van der Waals surface area contributed by atoms with Crippen LogP contribution in [0.4, 0.5) is 0 Å². The molecule has 2 nitrogen and oxygen atoms in total. The van der Waals surface area contributed by atoms with Gasteiger partial charge >= 0.3 is 0 Å². The van der Waals surface area contributed by atoms with Crippen LogP contribution in [0.15, 0.2) is 0 Å². The maximum Gasteiger partial charge on any atom is 0.0524 e. The molecular formula is C11H23NO. The van der Waals surface area contributed by atoms with E-state index in [2.05, 4.69) is 18.7 Å². The lowest BCUT2D eigenvalue weighted by molar-refractivity contribution is 0.0592. The molecule has 1 aliphatic rings. The lowest BCUT2D eigenvalue weighted by Gasteiger charge is -2.42. The normalized spacial score (nSPS) is 25.8. The highest BCUT2D eigenvalue weighted by molar-refractivity contribution is 4.85. The van der Waals surface area contributed by atoms with Gasteiger partial charge in [0.1, 0.15) is 0 Å². The largest absolute Gasteiger partial charge is 0.393 e. The van der Waals surface area contributed by atoms with Crippen LogP contribution in [0.5, 0.6) is 0 Å². The summed E-state index contributed by atoms with van der Waals surface area (Å²) >= 11 is 0. The third-order valence-electron chi connectivity index (χ3n) is 3.14. The van der Waals surface area contributed by atoms with Gasteiger partial charge in [-0.3, -0.25) is 4.90 Å². The minimum absolute atomic E-state index is 0.155. The van der Waals surface area contributed by atoms with Crippen LogP contribution in [0.1, 0.15) is 46.5 Å². The molecule has 1 heterocycles. The predicted octanol–water partition coefficient (Wildman–Crippen LogP) is 2.02. The SMILES string of the molecule is CC(O)CCN1CCCCC1(C)C. The molecule has 0 radical (unpaired) electrons. The zero-order valence-electron chi connectivity index (χ0n) is 9.21. The third-order valence-corrected chi connectivity index (χ3v) is 3.14. The first kappa shape index (κ1) is 11.0. The van der Waals surface area contributed by atoms with Gasteiger partial charge in [0, 0.05) is 12.1 Å². The highest BCUT2D eigenvalue weighted by atomic mass is 16.3. The van der Waals surface area contributed by atoms with Gasteiger partial charge in [-0.1, -0.05) is 6.42 Å². The monoisotopic (exact) mass is 185 g/mol. The second kappa shape index (κ2) is 4.43. The molecule has 13 heavy (non-hydrogen) atoms. The second-order valence-corrected chi connectivity index (χ2v) is 4.89. The Morgan fingerprint density at radius 2 is 2.08 bits per heavy atom. The minimum Gasteiger partial charge on any atom is -0.393 e. The highest BCUT2D eigenvalue weighted by Gasteiger charge is 2.28. The molecule has 0 aromatic heterocycles. The summed E-state index contributed by atoms with van der Waals surface area (Å²) in [6.07, 6.45) is 4.73. The maximum absolute atomic E-state index is 9.23. The van der Waals surface area contributed by atoms with Crippen molar-refractivity contribution in [2.45, 2.75) is 58.1 Å². The molecule has 1 rings (SSSR count). The standard InChI is InChI=1S/C11H23NO/c1-10(13)6-9-12-8-5-4-7-11(12,2)3/h10,13H,4-9H2,1-3H3. The number of rotatable bonds is 3. The zero-order valence-corrected chi connectivity index (χ0v) is 9.21. The summed E-state index contributed by atoms with van der Waals surface area (Å²) in [5.41, 5.74) is 0.354. The Labute approximate surface area is 81.9 Å². The quantitative estimate of drug-likeness (QED) is 0.727. The highest BCUT2D eigenvalue weighted by Crippen LogP contribution is 2.27. The fraction of sp³-hybridized carbons (Fsp3) is 1.00. The van der Waals surface area contributed by atoms with Crippen molar-refractivity contribution >= 4 is 0 Å². The number of aliphatic hydroxyl groups excluding tert-OH is 1. The van der Waals surface area contributed by atoms with E-state index >= 15 is 0 Å². The fourth-order valence-electron chi connectivity index (χ4n) is 2.08. The van der Waals surface area contributed by atoms with Crippen LogP contribution in [0, 0.1) is 0 Å². The van der Waals surface area contributed by atoms with Crippen LogP contribution < -0.4 is 0 Å².